The van der Waals surface area contributed by atoms with E-state index in [1.54, 1.807) is 35.1 Å². The Morgan fingerprint density at radius 3 is 2.68 bits per heavy atom. The molecule has 0 fully saturated rings. The lowest BCUT2D eigenvalue weighted by Gasteiger charge is -2.10. The third kappa shape index (κ3) is 4.57. The van der Waals surface area contributed by atoms with E-state index in [1.165, 1.54) is 0 Å². The lowest BCUT2D eigenvalue weighted by atomic mass is 10.1. The zero-order valence-corrected chi connectivity index (χ0v) is 18.9. The molecule has 0 aliphatic rings. The highest BCUT2D eigenvalue weighted by Crippen LogP contribution is 2.24. The highest BCUT2D eigenvalue weighted by atomic mass is 35.5. The van der Waals surface area contributed by atoms with Gasteiger partial charge in [0.05, 0.1) is 5.69 Å². The molecule has 34 heavy (non-hydrogen) atoms. The van der Waals surface area contributed by atoms with E-state index in [9.17, 15) is 4.79 Å². The second-order valence-corrected chi connectivity index (χ2v) is 7.98. The number of carbonyl (C=O) groups excluding carboxylic acids is 1. The van der Waals surface area contributed by atoms with Crippen LogP contribution in [0, 0.1) is 6.92 Å². The molecule has 0 spiro atoms. The van der Waals surface area contributed by atoms with Gasteiger partial charge < -0.3 is 10.1 Å². The largest absolute Gasteiger partial charge is 0.484 e. The van der Waals surface area contributed by atoms with Crippen LogP contribution in [0.1, 0.15) is 5.56 Å². The number of carbonyl (C=O) groups is 1. The summed E-state index contributed by atoms with van der Waals surface area (Å²) in [5.74, 6) is 0.937. The maximum absolute atomic E-state index is 12.4. The van der Waals surface area contributed by atoms with Crippen molar-refractivity contribution in [3.8, 4) is 28.4 Å². The maximum atomic E-state index is 12.4. The van der Waals surface area contributed by atoms with Gasteiger partial charge in [0.1, 0.15) is 5.75 Å². The van der Waals surface area contributed by atoms with E-state index in [0.29, 0.717) is 33.6 Å². The van der Waals surface area contributed by atoms with E-state index in [0.717, 1.165) is 16.7 Å². The van der Waals surface area contributed by atoms with Gasteiger partial charge in [-0.3, -0.25) is 9.78 Å². The highest BCUT2D eigenvalue weighted by molar-refractivity contribution is 6.31. The molecule has 3 aromatic heterocycles. The van der Waals surface area contributed by atoms with Gasteiger partial charge in [-0.1, -0.05) is 23.7 Å². The summed E-state index contributed by atoms with van der Waals surface area (Å²) in [6, 6.07) is 20.2. The van der Waals surface area contributed by atoms with Crippen LogP contribution < -0.4 is 10.1 Å². The van der Waals surface area contributed by atoms with Gasteiger partial charge in [-0.15, -0.1) is 10.2 Å². The van der Waals surface area contributed by atoms with Crippen molar-refractivity contribution in [1.29, 1.82) is 0 Å². The Bertz CT molecular complexity index is 1490. The van der Waals surface area contributed by atoms with E-state index >= 15 is 0 Å². The van der Waals surface area contributed by atoms with E-state index in [4.69, 9.17) is 21.4 Å². The zero-order valence-electron chi connectivity index (χ0n) is 18.1. The Hall–Kier alpha value is -4.30. The fourth-order valence-electron chi connectivity index (χ4n) is 3.43. The molecule has 0 bridgehead atoms. The minimum absolute atomic E-state index is 0.120. The topological polar surface area (TPSA) is 94.3 Å². The first-order valence-corrected chi connectivity index (χ1v) is 10.9. The van der Waals surface area contributed by atoms with Crippen LogP contribution in [0.5, 0.6) is 5.75 Å². The van der Waals surface area contributed by atoms with E-state index < -0.39 is 0 Å². The number of hydrogen-bond acceptors (Lipinski definition) is 6. The number of anilines is 1. The number of nitrogens with zero attached hydrogens (tertiary/aromatic N) is 5. The number of aryl methyl sites for hydroxylation is 1. The quantitative estimate of drug-likeness (QED) is 0.382. The van der Waals surface area contributed by atoms with Crippen molar-refractivity contribution in [2.45, 2.75) is 6.92 Å². The van der Waals surface area contributed by atoms with Crippen LogP contribution in [0.25, 0.3) is 28.3 Å². The maximum Gasteiger partial charge on any atom is 0.262 e. The van der Waals surface area contributed by atoms with Gasteiger partial charge in [0.2, 0.25) is 0 Å². The van der Waals surface area contributed by atoms with Gasteiger partial charge in [-0.25, -0.2) is 0 Å². The first-order chi connectivity index (χ1) is 16.6. The highest BCUT2D eigenvalue weighted by Gasteiger charge is 2.12. The fraction of sp³-hybridized carbons (Fsp3) is 0.0800. The van der Waals surface area contributed by atoms with Gasteiger partial charge in [0, 0.05) is 34.2 Å². The Balaban J connectivity index is 1.33. The zero-order chi connectivity index (χ0) is 23.5. The summed E-state index contributed by atoms with van der Waals surface area (Å²) in [5.41, 5.74) is 4.57. The van der Waals surface area contributed by atoms with Crippen LogP contribution in [0.3, 0.4) is 0 Å². The Kier molecular flexibility index (Phi) is 5.88. The number of rotatable bonds is 6. The molecule has 0 saturated carbocycles. The van der Waals surface area contributed by atoms with Crippen LogP contribution in [-0.4, -0.2) is 37.3 Å². The van der Waals surface area contributed by atoms with Gasteiger partial charge in [-0.05, 0) is 67.1 Å². The second-order valence-electron chi connectivity index (χ2n) is 7.58. The summed E-state index contributed by atoms with van der Waals surface area (Å²) < 4.78 is 7.27. The number of ether oxygens (including phenoxy) is 1. The van der Waals surface area contributed by atoms with E-state index in [1.807, 2.05) is 55.5 Å². The number of amides is 1. The molecule has 0 atom stereocenters. The molecule has 0 aliphatic heterocycles. The van der Waals surface area contributed by atoms with Gasteiger partial charge in [0.25, 0.3) is 5.91 Å². The molecule has 5 rings (SSSR count). The Morgan fingerprint density at radius 2 is 1.85 bits per heavy atom. The number of pyridine rings is 1. The summed E-state index contributed by atoms with van der Waals surface area (Å²) >= 11 is 6.03. The first-order valence-electron chi connectivity index (χ1n) is 10.5. The molecule has 0 saturated heterocycles. The number of benzene rings is 2. The number of halogens is 1. The monoisotopic (exact) mass is 470 g/mol. The van der Waals surface area contributed by atoms with Crippen LogP contribution in [0.2, 0.25) is 5.02 Å². The predicted molar refractivity (Wildman–Crippen MR) is 130 cm³/mol. The van der Waals surface area contributed by atoms with Crippen molar-refractivity contribution < 1.29 is 9.53 Å². The van der Waals surface area contributed by atoms with E-state index in [2.05, 4.69) is 20.5 Å². The molecule has 9 heteroatoms. The third-order valence-corrected chi connectivity index (χ3v) is 5.57. The molecule has 0 radical (unpaired) electrons. The minimum atomic E-state index is -0.271. The van der Waals surface area contributed by atoms with Crippen molar-refractivity contribution >= 4 is 28.8 Å². The van der Waals surface area contributed by atoms with Gasteiger partial charge >= 0.3 is 0 Å². The van der Waals surface area contributed by atoms with Crippen LogP contribution in [-0.2, 0) is 4.79 Å². The third-order valence-electron chi connectivity index (χ3n) is 5.14. The van der Waals surface area contributed by atoms with Crippen molar-refractivity contribution in [1.82, 2.24) is 24.8 Å². The molecule has 8 nitrogen and oxygen atoms in total. The van der Waals surface area contributed by atoms with Gasteiger partial charge in [0.15, 0.2) is 18.1 Å². The Labute approximate surface area is 200 Å². The standard InChI is InChI=1S/C25H19ClN6O2/c1-16-13-20(5-6-21(16)26)34-15-24(33)28-19-4-2-3-18(14-19)22-7-8-23-29-30-25(32(23)31-22)17-9-11-27-12-10-17/h2-14H,15H2,1H3,(H,28,33). The van der Waals surface area contributed by atoms with Crippen molar-refractivity contribution in [2.24, 2.45) is 0 Å². The first kappa shape index (κ1) is 21.5. The smallest absolute Gasteiger partial charge is 0.262 e. The predicted octanol–water partition coefficient (Wildman–Crippen LogP) is 4.83. The molecule has 0 aliphatic carbocycles. The normalized spacial score (nSPS) is 10.9. The summed E-state index contributed by atoms with van der Waals surface area (Å²) in [6.45, 7) is 1.76. The molecular formula is C25H19ClN6O2. The molecule has 168 valence electrons. The molecular weight excluding hydrogens is 452 g/mol. The molecule has 5 aromatic rings. The van der Waals surface area contributed by atoms with Crippen LogP contribution >= 0.6 is 11.6 Å². The molecule has 2 aromatic carbocycles. The number of aromatic nitrogens is 5. The summed E-state index contributed by atoms with van der Waals surface area (Å²) in [5, 5.41) is 16.7. The molecule has 1 N–H and O–H groups in total. The SMILES string of the molecule is Cc1cc(OCC(=O)Nc2cccc(-c3ccc4nnc(-c5ccncc5)n4n3)c2)ccc1Cl. The summed E-state index contributed by atoms with van der Waals surface area (Å²) in [6.07, 6.45) is 3.40. The minimum Gasteiger partial charge on any atom is -0.484 e. The van der Waals surface area contributed by atoms with E-state index in [-0.39, 0.29) is 12.5 Å². The molecule has 3 heterocycles. The second kappa shape index (κ2) is 9.29. The number of nitrogens with one attached hydrogen (secondary N) is 1. The summed E-state index contributed by atoms with van der Waals surface area (Å²) in [7, 11) is 0. The van der Waals surface area contributed by atoms with Crippen molar-refractivity contribution in [3.05, 3.63) is 89.7 Å². The molecule has 1 amide bonds. The van der Waals surface area contributed by atoms with Crippen LogP contribution in [0.4, 0.5) is 5.69 Å². The lowest BCUT2D eigenvalue weighted by Crippen LogP contribution is -2.20. The van der Waals surface area contributed by atoms with Crippen molar-refractivity contribution in [2.75, 3.05) is 11.9 Å². The average Bonchev–Trinajstić information content (AvgIpc) is 3.29. The molecule has 0 unspecified atom stereocenters. The lowest BCUT2D eigenvalue weighted by molar-refractivity contribution is -0.118. The fourth-order valence-corrected chi connectivity index (χ4v) is 3.55. The van der Waals surface area contributed by atoms with Crippen molar-refractivity contribution in [3.63, 3.8) is 0 Å². The van der Waals surface area contributed by atoms with Gasteiger partial charge in [-0.2, -0.15) is 9.61 Å². The average molecular weight is 471 g/mol. The summed E-state index contributed by atoms with van der Waals surface area (Å²) in [4.78, 5) is 16.5. The number of fused-ring (bicyclic) bond motifs is 1. The van der Waals surface area contributed by atoms with Crippen LogP contribution in [0.15, 0.2) is 79.1 Å². The number of hydrogen-bond donors (Lipinski definition) is 1. The Morgan fingerprint density at radius 1 is 1.00 bits per heavy atom.